The number of anilines is 1. The maximum absolute atomic E-state index is 12.5. The predicted molar refractivity (Wildman–Crippen MR) is 86.1 cm³/mol. The molecule has 2 N–H and O–H groups in total. The van der Waals surface area contributed by atoms with Crippen molar-refractivity contribution in [3.8, 4) is 0 Å². The Balaban J connectivity index is 2.30. The van der Waals surface area contributed by atoms with Crippen LogP contribution in [0.25, 0.3) is 0 Å². The number of halogens is 2. The van der Waals surface area contributed by atoms with E-state index in [2.05, 4.69) is 10.6 Å². The SMILES string of the molecule is COC(=O)C1=C(C)NC(=O)CC1C(=O)Nc1ccc(Cl)cc1Cl. The summed E-state index contributed by atoms with van der Waals surface area (Å²) in [5.41, 5.74) is 0.763. The van der Waals surface area contributed by atoms with E-state index in [1.165, 1.54) is 13.2 Å². The van der Waals surface area contributed by atoms with Gasteiger partial charge in [-0.25, -0.2) is 4.79 Å². The molecule has 2 amide bonds. The first kappa shape index (κ1) is 17.3. The van der Waals surface area contributed by atoms with E-state index in [1.807, 2.05) is 0 Å². The number of nitrogens with one attached hydrogen (secondary N) is 2. The van der Waals surface area contributed by atoms with Crippen LogP contribution in [0.15, 0.2) is 29.5 Å². The van der Waals surface area contributed by atoms with E-state index in [1.54, 1.807) is 19.1 Å². The fourth-order valence-electron chi connectivity index (χ4n) is 2.32. The third-order valence-corrected chi connectivity index (χ3v) is 3.93. The molecule has 6 nitrogen and oxygen atoms in total. The number of rotatable bonds is 3. The molecule has 8 heteroatoms. The summed E-state index contributed by atoms with van der Waals surface area (Å²) >= 11 is 11.8. The molecular formula is C15H14Cl2N2O4. The highest BCUT2D eigenvalue weighted by atomic mass is 35.5. The molecule has 0 bridgehead atoms. The van der Waals surface area contributed by atoms with E-state index in [4.69, 9.17) is 27.9 Å². The third-order valence-electron chi connectivity index (χ3n) is 3.38. The van der Waals surface area contributed by atoms with E-state index in [9.17, 15) is 14.4 Å². The van der Waals surface area contributed by atoms with Gasteiger partial charge in [-0.2, -0.15) is 0 Å². The highest BCUT2D eigenvalue weighted by molar-refractivity contribution is 6.36. The maximum atomic E-state index is 12.5. The highest BCUT2D eigenvalue weighted by Gasteiger charge is 2.36. The zero-order valence-electron chi connectivity index (χ0n) is 12.4. The van der Waals surface area contributed by atoms with Crippen molar-refractivity contribution in [2.45, 2.75) is 13.3 Å². The number of amides is 2. The molecule has 1 heterocycles. The van der Waals surface area contributed by atoms with Crippen LogP contribution < -0.4 is 10.6 Å². The standard InChI is InChI=1S/C15H14Cl2N2O4/c1-7-13(15(22)23-2)9(6-12(20)18-7)14(21)19-11-4-3-8(16)5-10(11)17/h3-5,9H,6H2,1-2H3,(H,18,20)(H,19,21). The van der Waals surface area contributed by atoms with E-state index in [0.29, 0.717) is 16.4 Å². The lowest BCUT2D eigenvalue weighted by Crippen LogP contribution is -2.40. The molecule has 23 heavy (non-hydrogen) atoms. The summed E-state index contributed by atoms with van der Waals surface area (Å²) < 4.78 is 4.69. The monoisotopic (exact) mass is 356 g/mol. The summed E-state index contributed by atoms with van der Waals surface area (Å²) in [5, 5.41) is 5.82. The molecular weight excluding hydrogens is 343 g/mol. The first-order valence-corrected chi connectivity index (χ1v) is 7.44. The van der Waals surface area contributed by atoms with Gasteiger partial charge in [0.25, 0.3) is 0 Å². The number of hydrogen-bond donors (Lipinski definition) is 2. The number of carbonyl (C=O) groups is 3. The third kappa shape index (κ3) is 3.83. The smallest absolute Gasteiger partial charge is 0.336 e. The van der Waals surface area contributed by atoms with E-state index in [0.717, 1.165) is 0 Å². The Kier molecular flexibility index (Phi) is 5.28. The van der Waals surface area contributed by atoms with Crippen LogP contribution in [0, 0.1) is 5.92 Å². The average molecular weight is 357 g/mol. The van der Waals surface area contributed by atoms with Crippen molar-refractivity contribution in [3.63, 3.8) is 0 Å². The Bertz CT molecular complexity index is 715. The second-order valence-electron chi connectivity index (χ2n) is 4.95. The molecule has 2 rings (SSSR count). The van der Waals surface area contributed by atoms with Gasteiger partial charge >= 0.3 is 5.97 Å². The summed E-state index contributed by atoms with van der Waals surface area (Å²) in [4.78, 5) is 36.1. The summed E-state index contributed by atoms with van der Waals surface area (Å²) in [7, 11) is 1.21. The summed E-state index contributed by atoms with van der Waals surface area (Å²) in [6.45, 7) is 1.54. The van der Waals surface area contributed by atoms with E-state index >= 15 is 0 Å². The minimum absolute atomic E-state index is 0.120. The second kappa shape index (κ2) is 7.02. The van der Waals surface area contributed by atoms with Crippen LogP contribution in [0.5, 0.6) is 0 Å². The molecule has 1 atom stereocenters. The zero-order valence-corrected chi connectivity index (χ0v) is 13.9. The van der Waals surface area contributed by atoms with Gasteiger partial charge in [-0.1, -0.05) is 23.2 Å². The van der Waals surface area contributed by atoms with Crippen molar-refractivity contribution in [1.82, 2.24) is 5.32 Å². The van der Waals surface area contributed by atoms with Crippen LogP contribution in [0.1, 0.15) is 13.3 Å². The molecule has 0 radical (unpaired) electrons. The predicted octanol–water partition coefficient (Wildman–Crippen LogP) is 2.51. The molecule has 1 aromatic rings. The van der Waals surface area contributed by atoms with Crippen LogP contribution in [0.3, 0.4) is 0 Å². The molecule has 1 aliphatic rings. The molecule has 0 saturated heterocycles. The van der Waals surface area contributed by atoms with Crippen molar-refractivity contribution in [1.29, 1.82) is 0 Å². The molecule has 0 fully saturated rings. The number of carbonyl (C=O) groups excluding carboxylic acids is 3. The van der Waals surface area contributed by atoms with Gasteiger partial charge < -0.3 is 15.4 Å². The molecule has 1 aliphatic heterocycles. The van der Waals surface area contributed by atoms with Gasteiger partial charge in [0, 0.05) is 17.1 Å². The molecule has 0 saturated carbocycles. The Labute approximate surface area is 142 Å². The quantitative estimate of drug-likeness (QED) is 0.815. The van der Waals surface area contributed by atoms with Gasteiger partial charge in [0.05, 0.1) is 29.3 Å². The second-order valence-corrected chi connectivity index (χ2v) is 5.79. The highest BCUT2D eigenvalue weighted by Crippen LogP contribution is 2.29. The van der Waals surface area contributed by atoms with Gasteiger partial charge in [0.2, 0.25) is 11.8 Å². The minimum Gasteiger partial charge on any atom is -0.466 e. The number of methoxy groups -OCH3 is 1. The van der Waals surface area contributed by atoms with Crippen molar-refractivity contribution < 1.29 is 19.1 Å². The van der Waals surface area contributed by atoms with Crippen LogP contribution in [0.4, 0.5) is 5.69 Å². The molecule has 1 unspecified atom stereocenters. The topological polar surface area (TPSA) is 84.5 Å². The Morgan fingerprint density at radius 2 is 2.04 bits per heavy atom. The van der Waals surface area contributed by atoms with Crippen LogP contribution in [-0.2, 0) is 19.1 Å². The molecule has 0 aliphatic carbocycles. The van der Waals surface area contributed by atoms with Crippen LogP contribution >= 0.6 is 23.2 Å². The first-order valence-electron chi connectivity index (χ1n) is 6.68. The average Bonchev–Trinajstić information content (AvgIpc) is 2.48. The fraction of sp³-hybridized carbons (Fsp3) is 0.267. The Morgan fingerprint density at radius 1 is 1.35 bits per heavy atom. The molecule has 0 aromatic heterocycles. The summed E-state index contributed by atoms with van der Waals surface area (Å²) in [5.74, 6) is -2.49. The summed E-state index contributed by atoms with van der Waals surface area (Å²) in [6.07, 6.45) is -0.154. The lowest BCUT2D eigenvalue weighted by Gasteiger charge is -2.25. The van der Waals surface area contributed by atoms with E-state index < -0.39 is 17.8 Å². The largest absolute Gasteiger partial charge is 0.466 e. The van der Waals surface area contributed by atoms with Gasteiger partial charge in [-0.3, -0.25) is 9.59 Å². The van der Waals surface area contributed by atoms with Gasteiger partial charge in [0.1, 0.15) is 0 Å². The number of hydrogen-bond acceptors (Lipinski definition) is 4. The minimum atomic E-state index is -0.956. The number of allylic oxidation sites excluding steroid dienone is 1. The van der Waals surface area contributed by atoms with E-state index in [-0.39, 0.29) is 22.9 Å². The van der Waals surface area contributed by atoms with Crippen molar-refractivity contribution in [2.24, 2.45) is 5.92 Å². The maximum Gasteiger partial charge on any atom is 0.336 e. The molecule has 0 spiro atoms. The fourth-order valence-corrected chi connectivity index (χ4v) is 2.77. The molecule has 1 aromatic carbocycles. The number of benzene rings is 1. The Hall–Kier alpha value is -2.05. The van der Waals surface area contributed by atoms with Gasteiger partial charge in [-0.05, 0) is 25.1 Å². The summed E-state index contributed by atoms with van der Waals surface area (Å²) in [6, 6.07) is 4.59. The first-order chi connectivity index (χ1) is 10.8. The van der Waals surface area contributed by atoms with Crippen LogP contribution in [0.2, 0.25) is 10.0 Å². The van der Waals surface area contributed by atoms with Crippen molar-refractivity contribution in [2.75, 3.05) is 12.4 Å². The van der Waals surface area contributed by atoms with Gasteiger partial charge in [-0.15, -0.1) is 0 Å². The van der Waals surface area contributed by atoms with Gasteiger partial charge in [0.15, 0.2) is 0 Å². The normalized spacial score (nSPS) is 17.6. The lowest BCUT2D eigenvalue weighted by atomic mass is 9.89. The zero-order chi connectivity index (χ0) is 17.1. The number of esters is 1. The van der Waals surface area contributed by atoms with Crippen LogP contribution in [-0.4, -0.2) is 24.9 Å². The Morgan fingerprint density at radius 3 is 2.65 bits per heavy atom. The molecule has 122 valence electrons. The number of ether oxygens (including phenoxy) is 1. The lowest BCUT2D eigenvalue weighted by molar-refractivity contribution is -0.139. The van der Waals surface area contributed by atoms with Crippen molar-refractivity contribution >= 4 is 46.7 Å². The van der Waals surface area contributed by atoms with Crippen molar-refractivity contribution in [3.05, 3.63) is 39.5 Å².